The molecule has 302 valence electrons. The number of hydrogen-bond acceptors (Lipinski definition) is 5. The average Bonchev–Trinajstić information content (AvgIpc) is 3.09. The molecule has 0 fully saturated rings. The van der Waals surface area contributed by atoms with Gasteiger partial charge in [0.25, 0.3) is 0 Å². The highest BCUT2D eigenvalue weighted by molar-refractivity contribution is 7.47. The molecule has 0 aromatic carbocycles. The molecule has 52 heavy (non-hydrogen) atoms. The zero-order valence-electron chi connectivity index (χ0n) is 34.0. The maximum Gasteiger partial charge on any atom is 0.472 e. The minimum Gasteiger partial charge on any atom is -0.387 e. The Kier molecular flexibility index (Phi) is 33.7. The molecule has 3 N–H and O–H groups in total. The predicted octanol–water partition coefficient (Wildman–Crippen LogP) is 11.1. The van der Waals surface area contributed by atoms with E-state index < -0.39 is 20.0 Å². The molecule has 0 rings (SSSR count). The Morgan fingerprint density at radius 3 is 1.69 bits per heavy atom. The fraction of sp³-hybridized carbons (Fsp3) is 0.744. The minimum atomic E-state index is -4.34. The van der Waals surface area contributed by atoms with E-state index in [1.165, 1.54) is 57.8 Å². The van der Waals surface area contributed by atoms with Gasteiger partial charge in [-0.3, -0.25) is 13.8 Å². The van der Waals surface area contributed by atoms with E-state index in [4.69, 9.17) is 9.05 Å². The molecule has 0 aliphatic carbocycles. The van der Waals surface area contributed by atoms with E-state index >= 15 is 0 Å². The molecule has 9 heteroatoms. The van der Waals surface area contributed by atoms with E-state index in [2.05, 4.69) is 67.8 Å². The number of hydrogen-bond donors (Lipinski definition) is 3. The summed E-state index contributed by atoms with van der Waals surface area (Å²) in [6, 6.07) is -0.854. The van der Waals surface area contributed by atoms with Crippen molar-refractivity contribution in [2.45, 2.75) is 167 Å². The van der Waals surface area contributed by atoms with E-state index in [9.17, 15) is 19.4 Å². The fourth-order valence-electron chi connectivity index (χ4n) is 5.44. The number of amides is 1. The molecule has 0 aliphatic rings. The lowest BCUT2D eigenvalue weighted by Gasteiger charge is -2.25. The lowest BCUT2D eigenvalue weighted by Crippen LogP contribution is -2.45. The van der Waals surface area contributed by atoms with E-state index in [0.717, 1.165) is 77.0 Å². The lowest BCUT2D eigenvalue weighted by atomic mass is 10.1. The predicted molar refractivity (Wildman–Crippen MR) is 221 cm³/mol. The first-order valence-corrected chi connectivity index (χ1v) is 22.2. The number of unbranched alkanes of at least 4 members (excludes halogenated alkanes) is 15. The Balaban J connectivity index is 4.46. The molecular weight excluding hydrogens is 671 g/mol. The van der Waals surface area contributed by atoms with Gasteiger partial charge in [0.2, 0.25) is 5.91 Å². The lowest BCUT2D eigenvalue weighted by molar-refractivity contribution is -0.870. The summed E-state index contributed by atoms with van der Waals surface area (Å²) in [7, 11) is 1.55. The number of aliphatic hydroxyl groups excluding tert-OH is 1. The number of carbonyl (C=O) groups excluding carboxylic acids is 1. The molecule has 0 saturated heterocycles. The molecule has 0 aromatic rings. The number of quaternary nitrogens is 1. The SMILES string of the molecule is CC/C=C\C/C=C\C/C=C\C/C=C\CCCCCCCCC(=O)NC(COP(=O)(O)OCC[N+](C)(C)C)C(O)/C=C/CCCCCCCCCCC. The maximum atomic E-state index is 12.8. The molecule has 0 aromatic heterocycles. The number of allylic oxidation sites excluding steroid dienone is 9. The third-order valence-corrected chi connectivity index (χ3v) is 9.73. The van der Waals surface area contributed by atoms with Gasteiger partial charge in [0.05, 0.1) is 39.9 Å². The monoisotopic (exact) mass is 752 g/mol. The molecule has 0 bridgehead atoms. The largest absolute Gasteiger partial charge is 0.472 e. The van der Waals surface area contributed by atoms with Crippen LogP contribution in [0.1, 0.15) is 155 Å². The summed E-state index contributed by atoms with van der Waals surface area (Å²) >= 11 is 0. The van der Waals surface area contributed by atoms with Gasteiger partial charge in [0.15, 0.2) is 0 Å². The van der Waals surface area contributed by atoms with Crippen molar-refractivity contribution in [3.63, 3.8) is 0 Å². The number of rotatable bonds is 36. The van der Waals surface area contributed by atoms with Crippen molar-refractivity contribution < 1.29 is 32.9 Å². The zero-order chi connectivity index (χ0) is 38.6. The van der Waals surface area contributed by atoms with Crippen LogP contribution in [0.25, 0.3) is 0 Å². The minimum absolute atomic E-state index is 0.0555. The van der Waals surface area contributed by atoms with Gasteiger partial charge in [0.1, 0.15) is 13.2 Å². The Hall–Kier alpha value is -1.80. The topological polar surface area (TPSA) is 105 Å². The van der Waals surface area contributed by atoms with Gasteiger partial charge in [-0.05, 0) is 57.8 Å². The summed E-state index contributed by atoms with van der Waals surface area (Å²) in [5.41, 5.74) is 0. The number of aliphatic hydroxyl groups is 1. The standard InChI is InChI=1S/C43H79N2O6P/c1-6-8-10-12-14-16-18-19-20-21-22-23-24-25-27-29-31-33-35-37-43(47)44-41(40-51-52(48,49)50-39-38-45(3,4)5)42(46)36-34-32-30-28-26-17-15-13-11-9-7-2/h8,10,14,16,19-20,22-23,34,36,41-42,46H,6-7,9,11-13,15,17-18,21,24-33,35,37-40H2,1-5H3,(H-,44,47,48,49)/p+1/b10-8-,16-14-,20-19-,23-22-,36-34+. The van der Waals surface area contributed by atoms with Gasteiger partial charge in [-0.25, -0.2) is 4.57 Å². The molecular formula is C43H80N2O6P+. The Morgan fingerprint density at radius 1 is 0.673 bits per heavy atom. The van der Waals surface area contributed by atoms with Crippen molar-refractivity contribution >= 4 is 13.7 Å². The molecule has 0 spiro atoms. The molecule has 3 unspecified atom stereocenters. The van der Waals surface area contributed by atoms with E-state index in [0.29, 0.717) is 17.4 Å². The summed E-state index contributed by atoms with van der Waals surface area (Å²) < 4.78 is 23.5. The van der Waals surface area contributed by atoms with Crippen molar-refractivity contribution in [3.8, 4) is 0 Å². The van der Waals surface area contributed by atoms with Gasteiger partial charge in [-0.1, -0.05) is 152 Å². The molecule has 0 heterocycles. The van der Waals surface area contributed by atoms with Crippen molar-refractivity contribution in [2.75, 3.05) is 40.9 Å². The van der Waals surface area contributed by atoms with Gasteiger partial charge in [-0.2, -0.15) is 0 Å². The second-order valence-corrected chi connectivity index (χ2v) is 16.4. The second kappa shape index (κ2) is 34.9. The molecule has 0 aliphatic heterocycles. The maximum absolute atomic E-state index is 12.8. The third kappa shape index (κ3) is 36.6. The van der Waals surface area contributed by atoms with Crippen molar-refractivity contribution in [2.24, 2.45) is 0 Å². The number of nitrogens with zero attached hydrogens (tertiary/aromatic N) is 1. The summed E-state index contributed by atoms with van der Waals surface area (Å²) in [6.45, 7) is 4.65. The van der Waals surface area contributed by atoms with E-state index in [1.807, 2.05) is 27.2 Å². The van der Waals surface area contributed by atoms with Crippen LogP contribution in [0.15, 0.2) is 60.8 Å². The highest BCUT2D eigenvalue weighted by Crippen LogP contribution is 2.43. The molecule has 0 radical (unpaired) electrons. The van der Waals surface area contributed by atoms with Crippen molar-refractivity contribution in [3.05, 3.63) is 60.8 Å². The Bertz CT molecular complexity index is 1030. The van der Waals surface area contributed by atoms with Crippen LogP contribution in [0, 0.1) is 0 Å². The van der Waals surface area contributed by atoms with Gasteiger partial charge in [0, 0.05) is 6.42 Å². The second-order valence-electron chi connectivity index (χ2n) is 15.0. The first-order chi connectivity index (χ1) is 25.0. The highest BCUT2D eigenvalue weighted by Gasteiger charge is 2.27. The average molecular weight is 752 g/mol. The van der Waals surface area contributed by atoms with Gasteiger partial charge < -0.3 is 19.8 Å². The van der Waals surface area contributed by atoms with E-state index in [1.54, 1.807) is 6.08 Å². The zero-order valence-corrected chi connectivity index (χ0v) is 34.9. The number of nitrogens with one attached hydrogen (secondary N) is 1. The van der Waals surface area contributed by atoms with Gasteiger partial charge >= 0.3 is 7.82 Å². The number of carbonyl (C=O) groups is 1. The summed E-state index contributed by atoms with van der Waals surface area (Å²) in [4.78, 5) is 23.0. The van der Waals surface area contributed by atoms with Crippen LogP contribution in [0.2, 0.25) is 0 Å². The number of phosphoric acid groups is 1. The first-order valence-electron chi connectivity index (χ1n) is 20.7. The van der Waals surface area contributed by atoms with Crippen LogP contribution < -0.4 is 5.32 Å². The highest BCUT2D eigenvalue weighted by atomic mass is 31.2. The molecule has 1 amide bonds. The Labute approximate surface area is 320 Å². The quantitative estimate of drug-likeness (QED) is 0.0255. The summed E-state index contributed by atoms with van der Waals surface area (Å²) in [5.74, 6) is -0.196. The first kappa shape index (κ1) is 50.2. The van der Waals surface area contributed by atoms with Crippen LogP contribution in [-0.4, -0.2) is 73.4 Å². The number of phosphoric ester groups is 1. The van der Waals surface area contributed by atoms with Crippen molar-refractivity contribution in [1.29, 1.82) is 0 Å². The van der Waals surface area contributed by atoms with Crippen LogP contribution in [0.5, 0.6) is 0 Å². The van der Waals surface area contributed by atoms with Crippen LogP contribution >= 0.6 is 7.82 Å². The van der Waals surface area contributed by atoms with Crippen LogP contribution in [0.4, 0.5) is 0 Å². The van der Waals surface area contributed by atoms with Crippen LogP contribution in [-0.2, 0) is 18.4 Å². The van der Waals surface area contributed by atoms with Crippen molar-refractivity contribution in [1.82, 2.24) is 5.32 Å². The molecule has 3 atom stereocenters. The van der Waals surface area contributed by atoms with Gasteiger partial charge in [-0.15, -0.1) is 0 Å². The molecule has 0 saturated carbocycles. The van der Waals surface area contributed by atoms with Crippen LogP contribution in [0.3, 0.4) is 0 Å². The molecule has 8 nitrogen and oxygen atoms in total. The smallest absolute Gasteiger partial charge is 0.387 e. The number of likely N-dealkylation sites (N-methyl/N-ethyl adjacent to an activating group) is 1. The summed E-state index contributed by atoms with van der Waals surface area (Å²) in [6.07, 6.45) is 44.2. The normalized spacial score (nSPS) is 15.1. The third-order valence-electron chi connectivity index (χ3n) is 8.74. The fourth-order valence-corrected chi connectivity index (χ4v) is 6.18. The van der Waals surface area contributed by atoms with E-state index in [-0.39, 0.29) is 19.1 Å². The summed E-state index contributed by atoms with van der Waals surface area (Å²) in [5, 5.41) is 13.8. The Morgan fingerprint density at radius 2 is 1.15 bits per heavy atom.